The van der Waals surface area contributed by atoms with Gasteiger partial charge in [0, 0.05) is 6.20 Å². The summed E-state index contributed by atoms with van der Waals surface area (Å²) in [4.78, 5) is 21.7. The predicted molar refractivity (Wildman–Crippen MR) is 52.8 cm³/mol. The lowest BCUT2D eigenvalue weighted by Gasteiger charge is -2.10. The zero-order chi connectivity index (χ0) is 14.6. The first-order valence-electron chi connectivity index (χ1n) is 4.93. The lowest BCUT2D eigenvalue weighted by atomic mass is 10.3. The molecule has 0 spiro atoms. The highest BCUT2D eigenvalue weighted by atomic mass is 19.4. The molecule has 2 N–H and O–H groups in total. The normalized spacial score (nSPS) is 13.1. The third-order valence-electron chi connectivity index (χ3n) is 2.02. The molecule has 10 heteroatoms. The fourth-order valence-corrected chi connectivity index (χ4v) is 1.15. The Bertz CT molecular complexity index is 472. The Kier molecular flexibility index (Phi) is 4.46. The van der Waals surface area contributed by atoms with Crippen LogP contribution in [0.15, 0.2) is 12.3 Å². The molecule has 1 aromatic heterocycles. The van der Waals surface area contributed by atoms with E-state index in [1.165, 1.54) is 0 Å². The van der Waals surface area contributed by atoms with Gasteiger partial charge in [0.25, 0.3) is 0 Å². The van der Waals surface area contributed by atoms with Gasteiger partial charge >= 0.3 is 12.1 Å². The standard InChI is InChI=1S/C9H9F4N3O3/c10-3-5(8(18)19)14-7(17)4-16-2-1-6(15-16)9(11,12)13/h1-2,5H,3-4H2,(H,14,17)(H,18,19). The van der Waals surface area contributed by atoms with Gasteiger partial charge in [0.15, 0.2) is 11.7 Å². The van der Waals surface area contributed by atoms with Crippen LogP contribution >= 0.6 is 0 Å². The maximum absolute atomic E-state index is 12.2. The second-order valence-electron chi connectivity index (χ2n) is 3.51. The highest BCUT2D eigenvalue weighted by Gasteiger charge is 2.33. The average molecular weight is 283 g/mol. The van der Waals surface area contributed by atoms with Crippen LogP contribution in [0.25, 0.3) is 0 Å². The Morgan fingerprint density at radius 1 is 1.47 bits per heavy atom. The summed E-state index contributed by atoms with van der Waals surface area (Å²) >= 11 is 0. The molecule has 0 saturated carbocycles. The number of carbonyl (C=O) groups is 2. The number of carboxylic acid groups (broad SMARTS) is 1. The minimum absolute atomic E-state index is 0.639. The number of nitrogens with zero attached hydrogens (tertiary/aromatic N) is 2. The number of amides is 1. The number of hydrogen-bond donors (Lipinski definition) is 2. The first-order chi connectivity index (χ1) is 8.74. The smallest absolute Gasteiger partial charge is 0.435 e. The summed E-state index contributed by atoms with van der Waals surface area (Å²) in [6.45, 7) is -1.96. The summed E-state index contributed by atoms with van der Waals surface area (Å²) in [5, 5.41) is 13.4. The molecule has 1 aromatic rings. The van der Waals surface area contributed by atoms with Crippen molar-refractivity contribution in [3.05, 3.63) is 18.0 Å². The van der Waals surface area contributed by atoms with Gasteiger partial charge in [-0.15, -0.1) is 0 Å². The van der Waals surface area contributed by atoms with E-state index >= 15 is 0 Å². The van der Waals surface area contributed by atoms with E-state index in [4.69, 9.17) is 5.11 Å². The van der Waals surface area contributed by atoms with Crippen molar-refractivity contribution in [1.82, 2.24) is 15.1 Å². The molecule has 19 heavy (non-hydrogen) atoms. The van der Waals surface area contributed by atoms with Crippen molar-refractivity contribution in [2.75, 3.05) is 6.67 Å². The lowest BCUT2D eigenvalue weighted by molar-refractivity contribution is -0.142. The van der Waals surface area contributed by atoms with Gasteiger partial charge in [0.1, 0.15) is 13.2 Å². The number of rotatable bonds is 5. The van der Waals surface area contributed by atoms with Crippen LogP contribution in [0.1, 0.15) is 5.69 Å². The summed E-state index contributed by atoms with van der Waals surface area (Å²) in [7, 11) is 0. The molecule has 1 atom stereocenters. The summed E-state index contributed by atoms with van der Waals surface area (Å²) in [6.07, 6.45) is -3.72. The summed E-state index contributed by atoms with van der Waals surface area (Å²) in [5.41, 5.74) is -1.18. The van der Waals surface area contributed by atoms with E-state index in [-0.39, 0.29) is 0 Å². The second-order valence-corrected chi connectivity index (χ2v) is 3.51. The zero-order valence-corrected chi connectivity index (χ0v) is 9.32. The lowest BCUT2D eigenvalue weighted by Crippen LogP contribution is -2.43. The first-order valence-corrected chi connectivity index (χ1v) is 4.93. The third kappa shape index (κ3) is 4.23. The molecular weight excluding hydrogens is 274 g/mol. The van der Waals surface area contributed by atoms with Crippen LogP contribution in [-0.4, -0.2) is 39.5 Å². The van der Waals surface area contributed by atoms with Crippen LogP contribution in [0.5, 0.6) is 0 Å². The maximum Gasteiger partial charge on any atom is 0.435 e. The van der Waals surface area contributed by atoms with E-state index in [2.05, 4.69) is 5.10 Å². The Hall–Kier alpha value is -2.13. The van der Waals surface area contributed by atoms with Crippen LogP contribution in [-0.2, 0) is 22.3 Å². The van der Waals surface area contributed by atoms with Crippen molar-refractivity contribution in [2.45, 2.75) is 18.8 Å². The van der Waals surface area contributed by atoms with Crippen LogP contribution in [0.2, 0.25) is 0 Å². The first kappa shape index (κ1) is 14.9. The molecule has 0 bridgehead atoms. The van der Waals surface area contributed by atoms with E-state index in [0.29, 0.717) is 10.7 Å². The largest absolute Gasteiger partial charge is 0.480 e. The summed E-state index contributed by atoms with van der Waals surface area (Å²) in [5.74, 6) is -2.53. The SMILES string of the molecule is O=C(Cn1ccc(C(F)(F)F)n1)NC(CF)C(=O)O. The van der Waals surface area contributed by atoms with Gasteiger partial charge in [-0.1, -0.05) is 0 Å². The number of nitrogens with one attached hydrogen (secondary N) is 1. The molecule has 0 aliphatic carbocycles. The summed E-state index contributed by atoms with van der Waals surface area (Å²) in [6, 6.07) is -1.07. The molecule has 0 aromatic carbocycles. The monoisotopic (exact) mass is 283 g/mol. The predicted octanol–water partition coefficient (Wildman–Crippen LogP) is 0.441. The van der Waals surface area contributed by atoms with Gasteiger partial charge in [-0.3, -0.25) is 9.48 Å². The molecule has 106 valence electrons. The Balaban J connectivity index is 2.62. The molecule has 0 fully saturated rings. The van der Waals surface area contributed by atoms with Crippen LogP contribution < -0.4 is 5.32 Å². The summed E-state index contributed by atoms with van der Waals surface area (Å²) < 4.78 is 49.5. The van der Waals surface area contributed by atoms with Crippen LogP contribution in [0, 0.1) is 0 Å². The molecule has 1 amide bonds. The van der Waals surface area contributed by atoms with Crippen molar-refractivity contribution in [1.29, 1.82) is 0 Å². The topological polar surface area (TPSA) is 84.2 Å². The maximum atomic E-state index is 12.2. The molecule has 0 aliphatic rings. The van der Waals surface area contributed by atoms with E-state index in [1.54, 1.807) is 0 Å². The molecule has 1 unspecified atom stereocenters. The van der Waals surface area contributed by atoms with Crippen molar-refractivity contribution in [3.63, 3.8) is 0 Å². The third-order valence-corrected chi connectivity index (χ3v) is 2.02. The van der Waals surface area contributed by atoms with E-state index in [0.717, 1.165) is 6.20 Å². The van der Waals surface area contributed by atoms with Gasteiger partial charge in [0.2, 0.25) is 5.91 Å². The van der Waals surface area contributed by atoms with Crippen molar-refractivity contribution >= 4 is 11.9 Å². The van der Waals surface area contributed by atoms with Gasteiger partial charge in [-0.05, 0) is 6.07 Å². The number of carbonyl (C=O) groups excluding carboxylic acids is 1. The highest BCUT2D eigenvalue weighted by Crippen LogP contribution is 2.27. The van der Waals surface area contributed by atoms with Crippen LogP contribution in [0.4, 0.5) is 17.6 Å². The Morgan fingerprint density at radius 2 is 2.11 bits per heavy atom. The molecule has 6 nitrogen and oxygen atoms in total. The fourth-order valence-electron chi connectivity index (χ4n) is 1.15. The fraction of sp³-hybridized carbons (Fsp3) is 0.444. The Labute approximate surface area is 104 Å². The zero-order valence-electron chi connectivity index (χ0n) is 9.32. The van der Waals surface area contributed by atoms with Crippen molar-refractivity contribution < 1.29 is 32.3 Å². The number of aliphatic carboxylic acids is 1. The van der Waals surface area contributed by atoms with Gasteiger partial charge in [-0.2, -0.15) is 18.3 Å². The molecule has 0 saturated heterocycles. The van der Waals surface area contributed by atoms with Crippen molar-refractivity contribution in [3.8, 4) is 0 Å². The number of aromatic nitrogens is 2. The van der Waals surface area contributed by atoms with E-state index < -0.39 is 43.0 Å². The minimum atomic E-state index is -4.63. The van der Waals surface area contributed by atoms with E-state index in [1.807, 2.05) is 5.32 Å². The number of halogens is 4. The number of alkyl halides is 4. The molecule has 0 aliphatic heterocycles. The van der Waals surface area contributed by atoms with E-state index in [9.17, 15) is 27.2 Å². The number of hydrogen-bond acceptors (Lipinski definition) is 3. The van der Waals surface area contributed by atoms with Gasteiger partial charge in [0.05, 0.1) is 0 Å². The Morgan fingerprint density at radius 3 is 2.53 bits per heavy atom. The van der Waals surface area contributed by atoms with Crippen LogP contribution in [0.3, 0.4) is 0 Å². The second kappa shape index (κ2) is 5.67. The molecule has 1 heterocycles. The van der Waals surface area contributed by atoms with Gasteiger partial charge < -0.3 is 10.4 Å². The molecule has 1 rings (SSSR count). The molecule has 0 radical (unpaired) electrons. The highest BCUT2D eigenvalue weighted by molar-refractivity contribution is 5.83. The van der Waals surface area contributed by atoms with Crippen molar-refractivity contribution in [2.24, 2.45) is 0 Å². The van der Waals surface area contributed by atoms with Gasteiger partial charge in [-0.25, -0.2) is 9.18 Å². The molecular formula is C9H9F4N3O3. The average Bonchev–Trinajstić information content (AvgIpc) is 2.73. The minimum Gasteiger partial charge on any atom is -0.480 e. The quantitative estimate of drug-likeness (QED) is 0.768. The number of carboxylic acids is 1.